The summed E-state index contributed by atoms with van der Waals surface area (Å²) >= 11 is 1.24. The molecule has 1 heterocycles. The fourth-order valence-electron chi connectivity index (χ4n) is 1.98. The van der Waals surface area contributed by atoms with E-state index in [9.17, 15) is 4.79 Å². The van der Waals surface area contributed by atoms with Crippen LogP contribution in [0.1, 0.15) is 37.1 Å². The first kappa shape index (κ1) is 12.8. The molecular weight excluding hydrogens is 246 g/mol. The molecule has 0 radical (unpaired) electrons. The molecule has 0 unspecified atom stereocenters. The summed E-state index contributed by atoms with van der Waals surface area (Å²) in [5.41, 5.74) is 4.19. The second kappa shape index (κ2) is 4.90. The first-order valence-electron chi connectivity index (χ1n) is 5.73. The molecule has 0 fully saturated rings. The number of benzene rings is 1. The highest BCUT2D eigenvalue weighted by molar-refractivity contribution is 7.13. The molecule has 2 aromatic rings. The van der Waals surface area contributed by atoms with Gasteiger partial charge in [-0.05, 0) is 31.9 Å². The van der Waals surface area contributed by atoms with Gasteiger partial charge in [0, 0.05) is 6.42 Å². The van der Waals surface area contributed by atoms with Crippen LogP contribution in [0.4, 0.5) is 0 Å². The maximum absolute atomic E-state index is 11.1. The third-order valence-electron chi connectivity index (χ3n) is 2.85. The molecule has 0 bridgehead atoms. The number of aromatic carboxylic acids is 1. The minimum absolute atomic E-state index is 0.354. The van der Waals surface area contributed by atoms with Crippen LogP contribution in [0.3, 0.4) is 0 Å². The Labute approximate surface area is 110 Å². The van der Waals surface area contributed by atoms with Gasteiger partial charge >= 0.3 is 5.97 Å². The molecular formula is C14H15NO2S. The monoisotopic (exact) mass is 261 g/mol. The number of carbonyl (C=O) groups is 1. The van der Waals surface area contributed by atoms with Crippen molar-refractivity contribution in [3.05, 3.63) is 50.5 Å². The second-order valence-electron chi connectivity index (χ2n) is 4.42. The summed E-state index contributed by atoms with van der Waals surface area (Å²) in [7, 11) is 0. The number of thiazole rings is 1. The van der Waals surface area contributed by atoms with Crippen LogP contribution < -0.4 is 0 Å². The Bertz CT molecular complexity index is 602. The zero-order chi connectivity index (χ0) is 13.3. The summed E-state index contributed by atoms with van der Waals surface area (Å²) in [4.78, 5) is 15.8. The lowest BCUT2D eigenvalue weighted by molar-refractivity contribution is 0.0701. The Balaban J connectivity index is 2.36. The number of rotatable bonds is 3. The van der Waals surface area contributed by atoms with Crippen molar-refractivity contribution in [2.75, 3.05) is 0 Å². The van der Waals surface area contributed by atoms with Crippen molar-refractivity contribution in [3.63, 3.8) is 0 Å². The van der Waals surface area contributed by atoms with Crippen LogP contribution in [0.2, 0.25) is 0 Å². The molecule has 94 valence electrons. The molecule has 4 heteroatoms. The van der Waals surface area contributed by atoms with E-state index in [-0.39, 0.29) is 0 Å². The van der Waals surface area contributed by atoms with Crippen molar-refractivity contribution in [1.29, 1.82) is 0 Å². The lowest BCUT2D eigenvalue weighted by atomic mass is 10.0. The van der Waals surface area contributed by atoms with Gasteiger partial charge in [0.25, 0.3) is 0 Å². The van der Waals surface area contributed by atoms with E-state index < -0.39 is 5.97 Å². The average Bonchev–Trinajstić information content (AvgIpc) is 2.64. The van der Waals surface area contributed by atoms with E-state index >= 15 is 0 Å². The van der Waals surface area contributed by atoms with E-state index in [0.717, 1.165) is 10.6 Å². The first-order valence-corrected chi connectivity index (χ1v) is 6.54. The van der Waals surface area contributed by atoms with Crippen LogP contribution in [0, 0.1) is 20.8 Å². The van der Waals surface area contributed by atoms with Crippen LogP contribution in [-0.2, 0) is 6.42 Å². The van der Waals surface area contributed by atoms with Crippen molar-refractivity contribution in [2.45, 2.75) is 27.2 Å². The summed E-state index contributed by atoms with van der Waals surface area (Å²) in [5.74, 6) is -0.889. The van der Waals surface area contributed by atoms with E-state index in [4.69, 9.17) is 5.11 Å². The van der Waals surface area contributed by atoms with Gasteiger partial charge in [-0.1, -0.05) is 23.8 Å². The minimum Gasteiger partial charge on any atom is -0.477 e. The van der Waals surface area contributed by atoms with E-state index in [2.05, 4.69) is 11.1 Å². The molecule has 0 aliphatic heterocycles. The number of hydrogen-bond donors (Lipinski definition) is 1. The molecule has 0 atom stereocenters. The molecule has 0 spiro atoms. The van der Waals surface area contributed by atoms with E-state index in [1.165, 1.54) is 22.5 Å². The van der Waals surface area contributed by atoms with Crippen molar-refractivity contribution < 1.29 is 9.90 Å². The average molecular weight is 261 g/mol. The van der Waals surface area contributed by atoms with Crippen LogP contribution in [0.25, 0.3) is 0 Å². The highest BCUT2D eigenvalue weighted by Gasteiger charge is 2.16. The topological polar surface area (TPSA) is 50.2 Å². The van der Waals surface area contributed by atoms with Crippen molar-refractivity contribution >= 4 is 17.3 Å². The Hall–Kier alpha value is -1.68. The molecule has 0 aliphatic rings. The zero-order valence-electron chi connectivity index (χ0n) is 10.7. The fraction of sp³-hybridized carbons (Fsp3) is 0.286. The molecule has 3 nitrogen and oxygen atoms in total. The molecule has 2 rings (SSSR count). The van der Waals surface area contributed by atoms with Gasteiger partial charge in [-0.2, -0.15) is 0 Å². The van der Waals surface area contributed by atoms with Crippen LogP contribution in [-0.4, -0.2) is 16.1 Å². The Kier molecular flexibility index (Phi) is 3.48. The Morgan fingerprint density at radius 1 is 1.33 bits per heavy atom. The third kappa shape index (κ3) is 2.59. The normalized spacial score (nSPS) is 10.6. The summed E-state index contributed by atoms with van der Waals surface area (Å²) in [6.07, 6.45) is 0.581. The largest absolute Gasteiger partial charge is 0.477 e. The smallest absolute Gasteiger partial charge is 0.347 e. The van der Waals surface area contributed by atoms with Gasteiger partial charge in [0.1, 0.15) is 4.88 Å². The van der Waals surface area contributed by atoms with E-state index in [1.807, 2.05) is 32.9 Å². The lowest BCUT2D eigenvalue weighted by Gasteiger charge is -2.05. The molecule has 0 amide bonds. The zero-order valence-corrected chi connectivity index (χ0v) is 11.5. The van der Waals surface area contributed by atoms with Gasteiger partial charge in [0.2, 0.25) is 0 Å². The predicted molar refractivity (Wildman–Crippen MR) is 72.5 cm³/mol. The number of aromatic nitrogens is 1. The number of hydrogen-bond acceptors (Lipinski definition) is 3. The van der Waals surface area contributed by atoms with Gasteiger partial charge in [-0.3, -0.25) is 0 Å². The van der Waals surface area contributed by atoms with Gasteiger partial charge in [-0.25, -0.2) is 9.78 Å². The number of nitrogens with zero attached hydrogens (tertiary/aromatic N) is 1. The second-order valence-corrected chi connectivity index (χ2v) is 5.62. The molecule has 1 N–H and O–H groups in total. The van der Waals surface area contributed by atoms with Crippen LogP contribution >= 0.6 is 11.3 Å². The Morgan fingerprint density at radius 3 is 2.67 bits per heavy atom. The van der Waals surface area contributed by atoms with Crippen molar-refractivity contribution in [1.82, 2.24) is 4.98 Å². The molecule has 0 saturated heterocycles. The molecule has 0 saturated carbocycles. The standard InChI is InChI=1S/C14H15NO2S/c1-8-4-5-11(9(2)6-8)7-12-13(14(16)17)18-10(3)15-12/h4-6H,7H2,1-3H3,(H,16,17). The van der Waals surface area contributed by atoms with E-state index in [1.54, 1.807) is 0 Å². The molecule has 18 heavy (non-hydrogen) atoms. The Morgan fingerprint density at radius 2 is 2.06 bits per heavy atom. The molecule has 0 aliphatic carbocycles. The van der Waals surface area contributed by atoms with Crippen LogP contribution in [0.5, 0.6) is 0 Å². The van der Waals surface area contributed by atoms with Gasteiger partial charge in [0.05, 0.1) is 10.7 Å². The predicted octanol–water partition coefficient (Wildman–Crippen LogP) is 3.36. The van der Waals surface area contributed by atoms with Gasteiger partial charge < -0.3 is 5.11 Å². The highest BCUT2D eigenvalue weighted by Crippen LogP contribution is 2.22. The van der Waals surface area contributed by atoms with Crippen molar-refractivity contribution in [3.8, 4) is 0 Å². The first-order chi connectivity index (χ1) is 8.47. The number of carboxylic acid groups (broad SMARTS) is 1. The number of carboxylic acids is 1. The summed E-state index contributed by atoms with van der Waals surface area (Å²) in [6, 6.07) is 6.20. The molecule has 1 aromatic heterocycles. The quantitative estimate of drug-likeness (QED) is 0.921. The minimum atomic E-state index is -0.889. The summed E-state index contributed by atoms with van der Waals surface area (Å²) in [5, 5.41) is 9.94. The maximum atomic E-state index is 11.1. The van der Waals surface area contributed by atoms with Crippen molar-refractivity contribution in [2.24, 2.45) is 0 Å². The lowest BCUT2D eigenvalue weighted by Crippen LogP contribution is -2.01. The SMILES string of the molecule is Cc1ccc(Cc2nc(C)sc2C(=O)O)c(C)c1. The summed E-state index contributed by atoms with van der Waals surface area (Å²) < 4.78 is 0. The number of aryl methyl sites for hydroxylation is 3. The van der Waals surface area contributed by atoms with E-state index in [0.29, 0.717) is 17.0 Å². The third-order valence-corrected chi connectivity index (χ3v) is 3.86. The molecule has 1 aromatic carbocycles. The fourth-order valence-corrected chi connectivity index (χ4v) is 2.76. The van der Waals surface area contributed by atoms with Gasteiger partial charge in [-0.15, -0.1) is 11.3 Å². The maximum Gasteiger partial charge on any atom is 0.347 e. The van der Waals surface area contributed by atoms with Gasteiger partial charge in [0.15, 0.2) is 0 Å². The summed E-state index contributed by atoms with van der Waals surface area (Å²) in [6.45, 7) is 5.93. The highest BCUT2D eigenvalue weighted by atomic mass is 32.1. The van der Waals surface area contributed by atoms with Crippen LogP contribution in [0.15, 0.2) is 18.2 Å².